The predicted molar refractivity (Wildman–Crippen MR) is 99.2 cm³/mol. The van der Waals surface area contributed by atoms with Crippen LogP contribution in [0.2, 0.25) is 0 Å². The van der Waals surface area contributed by atoms with Crippen LogP contribution in [0.1, 0.15) is 15.9 Å². The minimum absolute atomic E-state index is 0.104. The molecule has 0 unspecified atom stereocenters. The third kappa shape index (κ3) is 2.56. The quantitative estimate of drug-likeness (QED) is 0.736. The van der Waals surface area contributed by atoms with Crippen molar-refractivity contribution in [3.63, 3.8) is 0 Å². The molecule has 4 rings (SSSR count). The summed E-state index contributed by atoms with van der Waals surface area (Å²) in [5.41, 5.74) is 8.99. The molecule has 0 aliphatic carbocycles. The Bertz CT molecular complexity index is 1080. The standard InChI is InChI=1S/C20H18N4O2/c1-12(19(21)25)10-24-11-17-15(20(24)26)6-5-13-3-4-14(9-16(13)17)18-7-8-23(2)22-18/h3-9H,1,10-11H2,2H3,(H2,21,25). The molecule has 0 radical (unpaired) electrons. The molecule has 0 saturated heterocycles. The largest absolute Gasteiger partial charge is 0.366 e. The van der Waals surface area contributed by atoms with E-state index in [1.165, 1.54) is 0 Å². The van der Waals surface area contributed by atoms with Gasteiger partial charge >= 0.3 is 0 Å². The number of carbonyl (C=O) groups is 2. The lowest BCUT2D eigenvalue weighted by atomic mass is 9.98. The Labute approximate surface area is 150 Å². The SMILES string of the molecule is C=C(CN1Cc2c(ccc3ccc(-c4ccn(C)n4)cc23)C1=O)C(N)=O. The second kappa shape index (κ2) is 5.84. The first-order chi connectivity index (χ1) is 12.4. The third-order valence-electron chi connectivity index (χ3n) is 4.74. The zero-order valence-electron chi connectivity index (χ0n) is 14.4. The summed E-state index contributed by atoms with van der Waals surface area (Å²) < 4.78 is 1.76. The summed E-state index contributed by atoms with van der Waals surface area (Å²) in [5.74, 6) is -0.691. The smallest absolute Gasteiger partial charge is 0.254 e. The van der Waals surface area contributed by atoms with Crippen LogP contribution in [0.4, 0.5) is 0 Å². The van der Waals surface area contributed by atoms with Gasteiger partial charge in [-0.15, -0.1) is 0 Å². The molecule has 2 aromatic carbocycles. The van der Waals surface area contributed by atoms with E-state index in [2.05, 4.69) is 17.7 Å². The average molecular weight is 346 g/mol. The van der Waals surface area contributed by atoms with E-state index in [-0.39, 0.29) is 18.0 Å². The van der Waals surface area contributed by atoms with E-state index >= 15 is 0 Å². The van der Waals surface area contributed by atoms with Crippen LogP contribution in [0.5, 0.6) is 0 Å². The van der Waals surface area contributed by atoms with Crippen molar-refractivity contribution in [1.29, 1.82) is 0 Å². The molecule has 26 heavy (non-hydrogen) atoms. The highest BCUT2D eigenvalue weighted by Crippen LogP contribution is 2.33. The second-order valence-electron chi connectivity index (χ2n) is 6.53. The zero-order chi connectivity index (χ0) is 18.4. The lowest BCUT2D eigenvalue weighted by Crippen LogP contribution is -2.30. The van der Waals surface area contributed by atoms with E-state index in [9.17, 15) is 9.59 Å². The summed E-state index contributed by atoms with van der Waals surface area (Å²) in [6, 6.07) is 11.9. The van der Waals surface area contributed by atoms with Gasteiger partial charge in [-0.05, 0) is 34.5 Å². The van der Waals surface area contributed by atoms with Gasteiger partial charge in [0.25, 0.3) is 5.91 Å². The summed E-state index contributed by atoms with van der Waals surface area (Å²) in [6.07, 6.45) is 1.90. The Kier molecular flexibility index (Phi) is 3.61. The highest BCUT2D eigenvalue weighted by molar-refractivity contribution is 6.05. The Balaban J connectivity index is 1.77. The van der Waals surface area contributed by atoms with Gasteiger partial charge in [-0.3, -0.25) is 14.3 Å². The maximum atomic E-state index is 12.7. The number of amides is 2. The second-order valence-corrected chi connectivity index (χ2v) is 6.53. The molecule has 2 amide bonds. The molecule has 0 bridgehead atoms. The highest BCUT2D eigenvalue weighted by atomic mass is 16.2. The van der Waals surface area contributed by atoms with E-state index in [4.69, 9.17) is 5.73 Å². The van der Waals surface area contributed by atoms with Gasteiger partial charge < -0.3 is 10.6 Å². The molecule has 6 nitrogen and oxygen atoms in total. The molecule has 6 heteroatoms. The van der Waals surface area contributed by atoms with Crippen molar-refractivity contribution in [3.8, 4) is 11.3 Å². The number of rotatable bonds is 4. The van der Waals surface area contributed by atoms with Crippen molar-refractivity contribution < 1.29 is 9.59 Å². The topological polar surface area (TPSA) is 81.2 Å². The van der Waals surface area contributed by atoms with Crippen LogP contribution in [0.15, 0.2) is 54.7 Å². The van der Waals surface area contributed by atoms with E-state index in [0.717, 1.165) is 27.6 Å². The number of benzene rings is 2. The van der Waals surface area contributed by atoms with Crippen LogP contribution in [0.25, 0.3) is 22.0 Å². The molecule has 0 atom stereocenters. The highest BCUT2D eigenvalue weighted by Gasteiger charge is 2.29. The molecule has 1 aliphatic rings. The molecule has 0 saturated carbocycles. The number of nitrogens with two attached hydrogens (primary N) is 1. The number of primary amides is 1. The number of hydrogen-bond donors (Lipinski definition) is 1. The van der Waals surface area contributed by atoms with Gasteiger partial charge in [0.1, 0.15) is 0 Å². The van der Waals surface area contributed by atoms with Gasteiger partial charge in [0.2, 0.25) is 5.91 Å². The molecule has 2 N–H and O–H groups in total. The van der Waals surface area contributed by atoms with E-state index in [0.29, 0.717) is 12.1 Å². The van der Waals surface area contributed by atoms with Crippen LogP contribution >= 0.6 is 0 Å². The van der Waals surface area contributed by atoms with Gasteiger partial charge in [0.15, 0.2) is 0 Å². The third-order valence-corrected chi connectivity index (χ3v) is 4.74. The first-order valence-electron chi connectivity index (χ1n) is 8.26. The van der Waals surface area contributed by atoms with Crippen LogP contribution in [0, 0.1) is 0 Å². The molecule has 0 spiro atoms. The zero-order valence-corrected chi connectivity index (χ0v) is 14.4. The maximum Gasteiger partial charge on any atom is 0.254 e. The normalized spacial score (nSPS) is 13.3. The molecule has 130 valence electrons. The van der Waals surface area contributed by atoms with Gasteiger partial charge in [-0.1, -0.05) is 24.8 Å². The number of aromatic nitrogens is 2. The summed E-state index contributed by atoms with van der Waals surface area (Å²) in [7, 11) is 1.88. The van der Waals surface area contributed by atoms with Crippen LogP contribution < -0.4 is 5.73 Å². The summed E-state index contributed by atoms with van der Waals surface area (Å²) in [5, 5.41) is 6.53. The van der Waals surface area contributed by atoms with E-state index < -0.39 is 5.91 Å². The van der Waals surface area contributed by atoms with Gasteiger partial charge in [0.05, 0.1) is 12.2 Å². The fourth-order valence-electron chi connectivity index (χ4n) is 3.35. The van der Waals surface area contributed by atoms with Crippen molar-refractivity contribution in [2.75, 3.05) is 6.54 Å². The van der Waals surface area contributed by atoms with E-state index in [1.54, 1.807) is 9.58 Å². The fourth-order valence-corrected chi connectivity index (χ4v) is 3.35. The van der Waals surface area contributed by atoms with Crippen molar-refractivity contribution in [1.82, 2.24) is 14.7 Å². The predicted octanol–water partition coefficient (Wildman–Crippen LogP) is 2.24. The number of nitrogens with zero attached hydrogens (tertiary/aromatic N) is 3. The monoisotopic (exact) mass is 346 g/mol. The van der Waals surface area contributed by atoms with Crippen LogP contribution in [-0.2, 0) is 18.4 Å². The van der Waals surface area contributed by atoms with Crippen molar-refractivity contribution in [2.45, 2.75) is 6.54 Å². The molecular formula is C20H18N4O2. The Hall–Kier alpha value is -3.41. The number of fused-ring (bicyclic) bond motifs is 3. The maximum absolute atomic E-state index is 12.7. The van der Waals surface area contributed by atoms with Crippen LogP contribution in [0.3, 0.4) is 0 Å². The van der Waals surface area contributed by atoms with Crippen molar-refractivity contribution >= 4 is 22.6 Å². The van der Waals surface area contributed by atoms with Gasteiger partial charge in [-0.2, -0.15) is 5.10 Å². The number of carbonyl (C=O) groups excluding carboxylic acids is 2. The first-order valence-corrected chi connectivity index (χ1v) is 8.26. The lowest BCUT2D eigenvalue weighted by Gasteiger charge is -2.15. The van der Waals surface area contributed by atoms with Crippen molar-refractivity contribution in [3.05, 3.63) is 65.9 Å². The molecule has 3 aromatic rings. The molecule has 1 aromatic heterocycles. The van der Waals surface area contributed by atoms with Crippen LogP contribution in [-0.4, -0.2) is 33.0 Å². The Morgan fingerprint density at radius 1 is 1.27 bits per heavy atom. The number of hydrogen-bond acceptors (Lipinski definition) is 3. The minimum atomic E-state index is -0.587. The summed E-state index contributed by atoms with van der Waals surface area (Å²) >= 11 is 0. The van der Waals surface area contributed by atoms with E-state index in [1.807, 2.05) is 43.6 Å². The molecular weight excluding hydrogens is 328 g/mol. The Morgan fingerprint density at radius 3 is 2.73 bits per heavy atom. The average Bonchev–Trinajstić information content (AvgIpc) is 3.19. The molecule has 0 fully saturated rings. The molecule has 2 heterocycles. The Morgan fingerprint density at radius 2 is 2.04 bits per heavy atom. The number of aryl methyl sites for hydroxylation is 1. The minimum Gasteiger partial charge on any atom is -0.366 e. The fraction of sp³-hybridized carbons (Fsp3) is 0.150. The summed E-state index contributed by atoms with van der Waals surface area (Å²) in [4.78, 5) is 25.5. The molecule has 1 aliphatic heterocycles. The van der Waals surface area contributed by atoms with Crippen molar-refractivity contribution in [2.24, 2.45) is 12.8 Å². The first kappa shape index (κ1) is 16.1. The van der Waals surface area contributed by atoms with Gasteiger partial charge in [-0.25, -0.2) is 0 Å². The summed E-state index contributed by atoms with van der Waals surface area (Å²) in [6.45, 7) is 4.23. The van der Waals surface area contributed by atoms with Gasteiger partial charge in [0, 0.05) is 36.5 Å². The lowest BCUT2D eigenvalue weighted by molar-refractivity contribution is -0.114.